The monoisotopic (exact) mass is 475 g/mol. The Morgan fingerprint density at radius 3 is 2.66 bits per heavy atom. The third-order valence-electron chi connectivity index (χ3n) is 5.12. The molecule has 10 heteroatoms. The molecule has 2 heterocycles. The van der Waals surface area contributed by atoms with Crippen molar-refractivity contribution in [2.75, 3.05) is 31.0 Å². The predicted octanol–water partition coefficient (Wildman–Crippen LogP) is 5.38. The van der Waals surface area contributed by atoms with Crippen LogP contribution in [-0.4, -0.2) is 36.0 Å². The lowest BCUT2D eigenvalue weighted by Gasteiger charge is -2.12. The Morgan fingerprint density at radius 2 is 1.94 bits per heavy atom. The smallest absolute Gasteiger partial charge is 0.411 e. The lowest BCUT2D eigenvalue weighted by Crippen LogP contribution is -2.16. The zero-order valence-electron chi connectivity index (χ0n) is 19.0. The first-order valence-corrected chi connectivity index (χ1v) is 10.6. The summed E-state index contributed by atoms with van der Waals surface area (Å²) in [5.41, 5.74) is 3.31. The first-order chi connectivity index (χ1) is 17.0. The summed E-state index contributed by atoms with van der Waals surface area (Å²) >= 11 is 0. The highest BCUT2D eigenvalue weighted by atomic mass is 19.1. The number of fused-ring (bicyclic) bond motifs is 1. The Balaban J connectivity index is 1.58. The van der Waals surface area contributed by atoms with Crippen LogP contribution in [0.25, 0.3) is 5.52 Å². The molecule has 0 radical (unpaired) electrons. The van der Waals surface area contributed by atoms with E-state index < -0.39 is 11.9 Å². The van der Waals surface area contributed by atoms with Crippen molar-refractivity contribution < 1.29 is 23.4 Å². The molecular formula is C25H22FN5O4. The van der Waals surface area contributed by atoms with E-state index >= 15 is 0 Å². The number of anilines is 3. The number of nitrogens with one attached hydrogen (secondary N) is 2. The van der Waals surface area contributed by atoms with Crippen molar-refractivity contribution >= 4 is 28.7 Å². The lowest BCUT2D eigenvalue weighted by atomic mass is 10.1. The van der Waals surface area contributed by atoms with Gasteiger partial charge in [0.1, 0.15) is 18.4 Å². The number of carbonyl (C=O) groups excluding carboxylic acids is 1. The molecule has 35 heavy (non-hydrogen) atoms. The van der Waals surface area contributed by atoms with Crippen LogP contribution < -0.4 is 15.4 Å². The summed E-state index contributed by atoms with van der Waals surface area (Å²) in [5, 5.41) is 19.9. The minimum absolute atomic E-state index is 0.120. The Morgan fingerprint density at radius 1 is 1.17 bits per heavy atom. The van der Waals surface area contributed by atoms with E-state index in [-0.39, 0.29) is 19.0 Å². The summed E-state index contributed by atoms with van der Waals surface area (Å²) in [6.07, 6.45) is 2.45. The molecule has 2 aromatic heterocycles. The molecule has 2 N–H and O–H groups in total. The van der Waals surface area contributed by atoms with E-state index in [9.17, 15) is 14.4 Å². The van der Waals surface area contributed by atoms with E-state index in [4.69, 9.17) is 14.2 Å². The van der Waals surface area contributed by atoms with Crippen LogP contribution in [0.4, 0.5) is 26.2 Å². The molecule has 0 aliphatic carbocycles. The van der Waals surface area contributed by atoms with Crippen LogP contribution in [0.3, 0.4) is 0 Å². The van der Waals surface area contributed by atoms with Crippen LogP contribution in [0.2, 0.25) is 0 Å². The molecule has 0 aliphatic rings. The summed E-state index contributed by atoms with van der Waals surface area (Å²) in [4.78, 5) is 12.1. The normalized spacial score (nSPS) is 10.6. The minimum atomic E-state index is -0.624. The van der Waals surface area contributed by atoms with E-state index in [0.29, 0.717) is 39.5 Å². The van der Waals surface area contributed by atoms with Crippen molar-refractivity contribution in [1.29, 1.82) is 5.26 Å². The first kappa shape index (κ1) is 23.5. The summed E-state index contributed by atoms with van der Waals surface area (Å²) in [5.74, 6) is 0.127. The van der Waals surface area contributed by atoms with Crippen LogP contribution in [-0.2, 0) is 9.47 Å². The third kappa shape index (κ3) is 5.31. The van der Waals surface area contributed by atoms with Crippen molar-refractivity contribution in [3.63, 3.8) is 0 Å². The first-order valence-electron chi connectivity index (χ1n) is 10.6. The number of aromatic nitrogens is 2. The lowest BCUT2D eigenvalue weighted by molar-refractivity contribution is 0.107. The van der Waals surface area contributed by atoms with E-state index in [1.165, 1.54) is 19.4 Å². The number of halogens is 1. The van der Waals surface area contributed by atoms with Crippen LogP contribution in [0, 0.1) is 24.1 Å². The minimum Gasteiger partial charge on any atom is -0.454 e. The van der Waals surface area contributed by atoms with Gasteiger partial charge in [0.05, 0.1) is 41.5 Å². The topological polar surface area (TPSA) is 110 Å². The van der Waals surface area contributed by atoms with Crippen LogP contribution >= 0.6 is 0 Å². The molecule has 0 saturated carbocycles. The van der Waals surface area contributed by atoms with E-state index in [0.717, 1.165) is 0 Å². The van der Waals surface area contributed by atoms with Gasteiger partial charge in [-0.3, -0.25) is 5.32 Å². The highest BCUT2D eigenvalue weighted by molar-refractivity contribution is 5.92. The third-order valence-corrected chi connectivity index (χ3v) is 5.12. The van der Waals surface area contributed by atoms with Crippen LogP contribution in [0.15, 0.2) is 60.9 Å². The molecule has 178 valence electrons. The van der Waals surface area contributed by atoms with Gasteiger partial charge in [-0.05, 0) is 43.3 Å². The number of methoxy groups -OCH3 is 1. The van der Waals surface area contributed by atoms with E-state index in [1.807, 2.05) is 0 Å². The number of carbonyl (C=O) groups is 1. The van der Waals surface area contributed by atoms with Crippen LogP contribution in [0.1, 0.15) is 11.1 Å². The molecule has 0 atom stereocenters. The van der Waals surface area contributed by atoms with Gasteiger partial charge in [0, 0.05) is 18.4 Å². The van der Waals surface area contributed by atoms with E-state index in [2.05, 4.69) is 21.8 Å². The Bertz CT molecular complexity index is 1400. The zero-order valence-corrected chi connectivity index (χ0v) is 19.0. The van der Waals surface area contributed by atoms with Gasteiger partial charge in [0.2, 0.25) is 0 Å². The average molecular weight is 475 g/mol. The van der Waals surface area contributed by atoms with E-state index in [1.54, 1.807) is 60.1 Å². The number of nitrogens with zero attached hydrogens (tertiary/aromatic N) is 3. The SMILES string of the molecule is COCCOC(=O)Nc1cn2ncc(C#N)c(Nc3ccc(Oc4ccccc4F)cc3)c2c1C. The van der Waals surface area contributed by atoms with Crippen molar-refractivity contribution in [1.82, 2.24) is 9.61 Å². The summed E-state index contributed by atoms with van der Waals surface area (Å²) in [6, 6.07) is 15.2. The van der Waals surface area contributed by atoms with Crippen molar-refractivity contribution in [2.45, 2.75) is 6.92 Å². The second kappa shape index (κ2) is 10.5. The van der Waals surface area contributed by atoms with Crippen molar-refractivity contribution in [3.8, 4) is 17.6 Å². The molecule has 0 fully saturated rings. The highest BCUT2D eigenvalue weighted by Crippen LogP contribution is 2.33. The van der Waals surface area contributed by atoms with Gasteiger partial charge in [-0.1, -0.05) is 12.1 Å². The molecule has 1 amide bonds. The van der Waals surface area contributed by atoms with Crippen molar-refractivity contribution in [2.24, 2.45) is 0 Å². The largest absolute Gasteiger partial charge is 0.454 e. The average Bonchev–Trinajstić information content (AvgIpc) is 3.17. The number of nitriles is 1. The predicted molar refractivity (Wildman–Crippen MR) is 128 cm³/mol. The molecule has 4 rings (SSSR count). The number of ether oxygens (including phenoxy) is 3. The van der Waals surface area contributed by atoms with Gasteiger partial charge in [-0.2, -0.15) is 10.4 Å². The fourth-order valence-electron chi connectivity index (χ4n) is 3.39. The molecular weight excluding hydrogens is 453 g/mol. The molecule has 4 aromatic rings. The fourth-order valence-corrected chi connectivity index (χ4v) is 3.39. The maximum atomic E-state index is 13.9. The summed E-state index contributed by atoms with van der Waals surface area (Å²) < 4.78 is 31.0. The number of benzene rings is 2. The zero-order chi connectivity index (χ0) is 24.8. The Kier molecular flexibility index (Phi) is 7.09. The standard InChI is InChI=1S/C25H22FN5O4/c1-16-21(30-25(32)34-12-11-33-2)15-31-24(16)23(17(13-27)14-28-31)29-18-7-9-19(10-8-18)35-22-6-4-3-5-20(22)26/h3-10,14-15,29H,11-12H2,1-2H3,(H,30,32). The van der Waals surface area contributed by atoms with Gasteiger partial charge in [0.15, 0.2) is 11.6 Å². The maximum absolute atomic E-state index is 13.9. The number of para-hydroxylation sites is 1. The number of amides is 1. The quantitative estimate of drug-likeness (QED) is 0.329. The fraction of sp³-hybridized carbons (Fsp3) is 0.160. The molecule has 9 nitrogen and oxygen atoms in total. The number of hydrogen-bond donors (Lipinski definition) is 2. The highest BCUT2D eigenvalue weighted by Gasteiger charge is 2.17. The second-order valence-corrected chi connectivity index (χ2v) is 7.44. The van der Waals surface area contributed by atoms with Crippen molar-refractivity contribution in [3.05, 3.63) is 77.9 Å². The molecule has 0 saturated heterocycles. The maximum Gasteiger partial charge on any atom is 0.411 e. The van der Waals surface area contributed by atoms with Gasteiger partial charge >= 0.3 is 6.09 Å². The Labute approximate surface area is 200 Å². The van der Waals surface area contributed by atoms with Gasteiger partial charge in [-0.15, -0.1) is 0 Å². The molecule has 0 bridgehead atoms. The molecule has 0 aliphatic heterocycles. The number of rotatable bonds is 8. The van der Waals surface area contributed by atoms with Gasteiger partial charge < -0.3 is 19.5 Å². The number of hydrogen-bond acceptors (Lipinski definition) is 7. The van der Waals surface area contributed by atoms with Gasteiger partial charge in [0.25, 0.3) is 0 Å². The molecule has 0 spiro atoms. The summed E-state index contributed by atoms with van der Waals surface area (Å²) in [6.45, 7) is 2.21. The second-order valence-electron chi connectivity index (χ2n) is 7.44. The van der Waals surface area contributed by atoms with Gasteiger partial charge in [-0.25, -0.2) is 13.7 Å². The Hall–Kier alpha value is -4.62. The number of aryl methyl sites for hydroxylation is 1. The van der Waals surface area contributed by atoms with Crippen LogP contribution in [0.5, 0.6) is 11.5 Å². The molecule has 2 aromatic carbocycles. The molecule has 0 unspecified atom stereocenters. The summed E-state index contributed by atoms with van der Waals surface area (Å²) in [7, 11) is 1.52.